The maximum Gasteiger partial charge on any atom is 0.152 e. The van der Waals surface area contributed by atoms with Gasteiger partial charge in [0.15, 0.2) is 5.78 Å². The fourth-order valence-electron chi connectivity index (χ4n) is 1.32. The Morgan fingerprint density at radius 1 is 1.67 bits per heavy atom. The van der Waals surface area contributed by atoms with Crippen LogP contribution in [0.3, 0.4) is 0 Å². The Bertz CT molecular complexity index is 423. The van der Waals surface area contributed by atoms with Crippen molar-refractivity contribution < 1.29 is 9.90 Å². The number of rotatable bonds is 3. The topological polar surface area (TPSA) is 61.1 Å². The van der Waals surface area contributed by atoms with Crippen molar-refractivity contribution in [1.82, 2.24) is 0 Å². The summed E-state index contributed by atoms with van der Waals surface area (Å²) in [6.07, 6.45) is 0.0402. The predicted octanol–water partition coefficient (Wildman–Crippen LogP) is 2.33. The van der Waals surface area contributed by atoms with E-state index in [1.807, 2.05) is 6.07 Å². The Labute approximate surface area is 92.9 Å². The third kappa shape index (κ3) is 2.48. The van der Waals surface area contributed by atoms with Gasteiger partial charge < -0.3 is 5.11 Å². The molecule has 0 amide bonds. The van der Waals surface area contributed by atoms with E-state index in [9.17, 15) is 9.90 Å². The highest BCUT2D eigenvalue weighted by atomic mass is 35.5. The number of ketones is 1. The van der Waals surface area contributed by atoms with Crippen molar-refractivity contribution in [2.45, 2.75) is 18.7 Å². The molecule has 0 heterocycles. The Hall–Kier alpha value is -1.53. The van der Waals surface area contributed by atoms with E-state index in [2.05, 4.69) is 0 Å². The number of phenols is 1. The van der Waals surface area contributed by atoms with Crippen molar-refractivity contribution in [3.63, 3.8) is 0 Å². The summed E-state index contributed by atoms with van der Waals surface area (Å²) in [4.78, 5) is 11.1. The summed E-state index contributed by atoms with van der Waals surface area (Å²) in [7, 11) is 0. The van der Waals surface area contributed by atoms with E-state index in [0.29, 0.717) is 11.1 Å². The van der Waals surface area contributed by atoms with E-state index in [1.165, 1.54) is 13.0 Å². The molecule has 4 heteroatoms. The summed E-state index contributed by atoms with van der Waals surface area (Å²) in [5.41, 5.74) is 0.931. The maximum absolute atomic E-state index is 11.1. The van der Waals surface area contributed by atoms with E-state index < -0.39 is 5.38 Å². The molecule has 0 aliphatic heterocycles. The van der Waals surface area contributed by atoms with Gasteiger partial charge in [0.25, 0.3) is 0 Å². The molecule has 0 aliphatic carbocycles. The number of nitriles is 1. The number of carbonyl (C=O) groups excluding carboxylic acids is 1. The molecule has 0 aliphatic rings. The first kappa shape index (κ1) is 11.5. The number of hydrogen-bond acceptors (Lipinski definition) is 3. The van der Waals surface area contributed by atoms with E-state index in [1.54, 1.807) is 12.1 Å². The Morgan fingerprint density at radius 3 is 2.87 bits per heavy atom. The second kappa shape index (κ2) is 4.81. The summed E-state index contributed by atoms with van der Waals surface area (Å²) in [5.74, 6) is -0.206. The number of nitrogens with zero attached hydrogens (tertiary/aromatic N) is 1. The molecule has 78 valence electrons. The van der Waals surface area contributed by atoms with Gasteiger partial charge >= 0.3 is 0 Å². The molecule has 0 aromatic heterocycles. The molecule has 1 atom stereocenters. The standard InChI is InChI=1S/C11H10ClNO2/c1-7(14)11(12)9-3-2-4-10(15)8(9)5-6-13/h2-4,11,15H,5H2,1H3. The fourth-order valence-corrected chi connectivity index (χ4v) is 1.52. The van der Waals surface area contributed by atoms with Crippen LogP contribution in [-0.4, -0.2) is 10.9 Å². The van der Waals surface area contributed by atoms with Crippen LogP contribution in [0.15, 0.2) is 18.2 Å². The molecule has 1 unspecified atom stereocenters. The second-order valence-corrected chi connectivity index (χ2v) is 3.59. The smallest absolute Gasteiger partial charge is 0.152 e. The van der Waals surface area contributed by atoms with Gasteiger partial charge in [-0.3, -0.25) is 4.79 Å². The summed E-state index contributed by atoms with van der Waals surface area (Å²) >= 11 is 5.88. The zero-order chi connectivity index (χ0) is 11.4. The minimum atomic E-state index is -0.805. The van der Waals surface area contributed by atoms with Crippen molar-refractivity contribution in [1.29, 1.82) is 5.26 Å². The van der Waals surface area contributed by atoms with Crippen molar-refractivity contribution in [3.8, 4) is 11.8 Å². The van der Waals surface area contributed by atoms with Crippen LogP contribution in [0.1, 0.15) is 23.4 Å². The van der Waals surface area contributed by atoms with E-state index in [-0.39, 0.29) is 18.0 Å². The van der Waals surface area contributed by atoms with Gasteiger partial charge in [-0.2, -0.15) is 5.26 Å². The van der Waals surface area contributed by atoms with Crippen molar-refractivity contribution in [2.24, 2.45) is 0 Å². The third-order valence-corrected chi connectivity index (χ3v) is 2.62. The lowest BCUT2D eigenvalue weighted by Crippen LogP contribution is -2.05. The first-order valence-electron chi connectivity index (χ1n) is 4.40. The molecule has 0 saturated heterocycles. The minimum Gasteiger partial charge on any atom is -0.508 e. The van der Waals surface area contributed by atoms with Crippen LogP contribution in [0.4, 0.5) is 0 Å². The lowest BCUT2D eigenvalue weighted by atomic mass is 9.99. The monoisotopic (exact) mass is 223 g/mol. The van der Waals surface area contributed by atoms with Crippen LogP contribution in [0.5, 0.6) is 5.75 Å². The number of hydrogen-bond donors (Lipinski definition) is 1. The van der Waals surface area contributed by atoms with Gasteiger partial charge in [0, 0.05) is 5.56 Å². The highest BCUT2D eigenvalue weighted by molar-refractivity contribution is 6.30. The lowest BCUT2D eigenvalue weighted by Gasteiger charge is -2.11. The first-order chi connectivity index (χ1) is 7.07. The van der Waals surface area contributed by atoms with Crippen LogP contribution >= 0.6 is 11.6 Å². The van der Waals surface area contributed by atoms with E-state index >= 15 is 0 Å². The van der Waals surface area contributed by atoms with Crippen LogP contribution in [-0.2, 0) is 11.2 Å². The number of aromatic hydroxyl groups is 1. The van der Waals surface area contributed by atoms with E-state index in [4.69, 9.17) is 16.9 Å². The fraction of sp³-hybridized carbons (Fsp3) is 0.273. The number of Topliss-reactive ketones (excluding diaryl/α,β-unsaturated/α-hetero) is 1. The Morgan fingerprint density at radius 2 is 2.33 bits per heavy atom. The number of carbonyl (C=O) groups is 1. The van der Waals surface area contributed by atoms with Gasteiger partial charge in [-0.05, 0) is 18.6 Å². The van der Waals surface area contributed by atoms with Crippen LogP contribution in [0.2, 0.25) is 0 Å². The molecule has 1 aromatic carbocycles. The Kier molecular flexibility index (Phi) is 3.70. The van der Waals surface area contributed by atoms with E-state index in [0.717, 1.165) is 0 Å². The molecule has 1 rings (SSSR count). The minimum absolute atomic E-state index is 0.000880. The van der Waals surface area contributed by atoms with Crippen LogP contribution < -0.4 is 0 Å². The highest BCUT2D eigenvalue weighted by Gasteiger charge is 2.18. The SMILES string of the molecule is CC(=O)C(Cl)c1cccc(O)c1CC#N. The quantitative estimate of drug-likeness (QED) is 0.800. The van der Waals surface area contributed by atoms with Crippen molar-refractivity contribution in [3.05, 3.63) is 29.3 Å². The summed E-state index contributed by atoms with van der Waals surface area (Å²) < 4.78 is 0. The molecule has 1 N–H and O–H groups in total. The van der Waals surface area contributed by atoms with Gasteiger partial charge in [0.05, 0.1) is 12.5 Å². The number of alkyl halides is 1. The molecule has 3 nitrogen and oxygen atoms in total. The zero-order valence-electron chi connectivity index (χ0n) is 8.20. The Balaban J connectivity index is 3.23. The zero-order valence-corrected chi connectivity index (χ0v) is 8.95. The molecule has 1 aromatic rings. The van der Waals surface area contributed by atoms with Gasteiger partial charge in [-0.15, -0.1) is 11.6 Å². The van der Waals surface area contributed by atoms with Crippen LogP contribution in [0.25, 0.3) is 0 Å². The first-order valence-corrected chi connectivity index (χ1v) is 4.83. The van der Waals surface area contributed by atoms with Gasteiger partial charge in [0.1, 0.15) is 11.1 Å². The van der Waals surface area contributed by atoms with Gasteiger partial charge in [-0.1, -0.05) is 12.1 Å². The van der Waals surface area contributed by atoms with Gasteiger partial charge in [0.2, 0.25) is 0 Å². The molecule has 0 saturated carbocycles. The number of phenolic OH excluding ortho intramolecular Hbond substituents is 1. The highest BCUT2D eigenvalue weighted by Crippen LogP contribution is 2.30. The normalized spacial score (nSPS) is 11.8. The summed E-state index contributed by atoms with van der Waals surface area (Å²) in [5, 5.41) is 17.3. The average molecular weight is 224 g/mol. The average Bonchev–Trinajstić information content (AvgIpc) is 2.20. The maximum atomic E-state index is 11.1. The summed E-state index contributed by atoms with van der Waals surface area (Å²) in [6, 6.07) is 6.65. The lowest BCUT2D eigenvalue weighted by molar-refractivity contribution is -0.116. The van der Waals surface area contributed by atoms with Crippen LogP contribution in [0, 0.1) is 11.3 Å². The molecule has 0 bridgehead atoms. The largest absolute Gasteiger partial charge is 0.508 e. The third-order valence-electron chi connectivity index (χ3n) is 2.07. The molecule has 0 radical (unpaired) electrons. The van der Waals surface area contributed by atoms with Crippen molar-refractivity contribution >= 4 is 17.4 Å². The second-order valence-electron chi connectivity index (χ2n) is 3.15. The van der Waals surface area contributed by atoms with Crippen molar-refractivity contribution in [2.75, 3.05) is 0 Å². The molecule has 0 spiro atoms. The molecule has 15 heavy (non-hydrogen) atoms. The molecule has 0 fully saturated rings. The molecular formula is C11H10ClNO2. The summed E-state index contributed by atoms with van der Waals surface area (Å²) in [6.45, 7) is 1.37. The molecular weight excluding hydrogens is 214 g/mol. The number of halogens is 1. The number of benzene rings is 1. The predicted molar refractivity (Wildman–Crippen MR) is 56.7 cm³/mol. The van der Waals surface area contributed by atoms with Gasteiger partial charge in [-0.25, -0.2) is 0 Å².